The number of benzene rings is 1. The molecule has 2 aromatic rings. The summed E-state index contributed by atoms with van der Waals surface area (Å²) in [7, 11) is 0. The number of likely N-dealkylation sites (tertiary alicyclic amines) is 1. The van der Waals surface area contributed by atoms with Gasteiger partial charge in [0.05, 0.1) is 18.7 Å². The van der Waals surface area contributed by atoms with Crippen LogP contribution in [-0.4, -0.2) is 51.8 Å². The first-order valence-electron chi connectivity index (χ1n) is 11.1. The molecule has 3 N–H and O–H groups in total. The van der Waals surface area contributed by atoms with E-state index in [0.29, 0.717) is 23.1 Å². The number of thiazole rings is 1. The van der Waals surface area contributed by atoms with Gasteiger partial charge in [-0.05, 0) is 30.5 Å². The van der Waals surface area contributed by atoms with Crippen LogP contribution in [0.3, 0.4) is 0 Å². The Balaban J connectivity index is 1.51. The number of aromatic nitrogens is 1. The normalized spacial score (nSPS) is 17.0. The lowest BCUT2D eigenvalue weighted by Crippen LogP contribution is -2.41. The average Bonchev–Trinajstić information content (AvgIpc) is 3.41. The first-order chi connectivity index (χ1) is 15.5. The summed E-state index contributed by atoms with van der Waals surface area (Å²) in [6.07, 6.45) is 5.93. The number of thioether (sulfide) groups is 1. The van der Waals surface area contributed by atoms with Crippen LogP contribution in [0.1, 0.15) is 67.5 Å². The van der Waals surface area contributed by atoms with Crippen LogP contribution >= 0.6 is 23.1 Å². The van der Waals surface area contributed by atoms with Crippen LogP contribution in [0.4, 0.5) is 0 Å². The number of ether oxygens (including phenoxy) is 1. The largest absolute Gasteiger partial charge is 0.494 e. The molecule has 32 heavy (non-hydrogen) atoms. The standard InChI is InChI=1S/C23H31N3O4S2/c1-2-3-4-5-13-30-17-8-6-16(7-9-17)21(24)19-10-11-20(27)26(19)12-14-31-23-25-18(15-32-23)22(28)29/h6-9,15,19,21H,2-5,10-14,24H2,1H3,(H,28,29)/t19-,21?/m1/s1. The van der Waals surface area contributed by atoms with E-state index in [-0.39, 0.29) is 23.7 Å². The second-order valence-electron chi connectivity index (χ2n) is 7.85. The number of hydrogen-bond acceptors (Lipinski definition) is 7. The zero-order valence-electron chi connectivity index (χ0n) is 18.4. The molecule has 0 bridgehead atoms. The minimum atomic E-state index is -1.03. The number of carbonyl (C=O) groups is 2. The van der Waals surface area contributed by atoms with Crippen molar-refractivity contribution in [1.82, 2.24) is 9.88 Å². The van der Waals surface area contributed by atoms with Crippen molar-refractivity contribution in [3.63, 3.8) is 0 Å². The second-order valence-corrected chi connectivity index (χ2v) is 10.0. The van der Waals surface area contributed by atoms with Crippen LogP contribution in [0.25, 0.3) is 0 Å². The molecule has 7 nitrogen and oxygen atoms in total. The highest BCUT2D eigenvalue weighted by molar-refractivity contribution is 8.01. The molecule has 0 saturated carbocycles. The van der Waals surface area contributed by atoms with Gasteiger partial charge in [0.25, 0.3) is 0 Å². The van der Waals surface area contributed by atoms with Crippen molar-refractivity contribution in [2.75, 3.05) is 18.9 Å². The SMILES string of the molecule is CCCCCCOc1ccc(C(N)[C@H]2CCC(=O)N2CCSc2nc(C(=O)O)cs2)cc1. The number of carboxylic acid groups (broad SMARTS) is 1. The van der Waals surface area contributed by atoms with Crippen LogP contribution in [-0.2, 0) is 4.79 Å². The van der Waals surface area contributed by atoms with Crippen molar-refractivity contribution in [3.05, 3.63) is 40.9 Å². The van der Waals surface area contributed by atoms with Crippen molar-refractivity contribution in [2.45, 2.75) is 61.9 Å². The van der Waals surface area contributed by atoms with E-state index in [1.54, 1.807) is 0 Å². The fraction of sp³-hybridized carbons (Fsp3) is 0.522. The number of carboxylic acids is 1. The molecule has 1 unspecified atom stereocenters. The molecule has 0 radical (unpaired) electrons. The predicted molar refractivity (Wildman–Crippen MR) is 128 cm³/mol. The van der Waals surface area contributed by atoms with Gasteiger partial charge < -0.3 is 20.5 Å². The molecule has 1 aromatic carbocycles. The number of nitrogens with zero attached hydrogens (tertiary/aromatic N) is 2. The van der Waals surface area contributed by atoms with E-state index in [0.717, 1.165) is 30.8 Å². The molecule has 1 aliphatic heterocycles. The third kappa shape index (κ3) is 6.70. The van der Waals surface area contributed by atoms with Gasteiger partial charge in [-0.15, -0.1) is 11.3 Å². The summed E-state index contributed by atoms with van der Waals surface area (Å²) in [5.41, 5.74) is 7.61. The predicted octanol–water partition coefficient (Wildman–Crippen LogP) is 4.58. The Hall–Kier alpha value is -2.10. The summed E-state index contributed by atoms with van der Waals surface area (Å²) in [5, 5.41) is 10.5. The number of unbranched alkanes of at least 4 members (excludes halogenated alkanes) is 3. The van der Waals surface area contributed by atoms with Gasteiger partial charge in [0.15, 0.2) is 10.0 Å². The van der Waals surface area contributed by atoms with E-state index in [1.165, 1.54) is 47.7 Å². The molecule has 0 spiro atoms. The van der Waals surface area contributed by atoms with Gasteiger partial charge in [-0.3, -0.25) is 4.79 Å². The van der Waals surface area contributed by atoms with Crippen LogP contribution in [0.15, 0.2) is 34.0 Å². The first-order valence-corrected chi connectivity index (χ1v) is 13.0. The highest BCUT2D eigenvalue weighted by atomic mass is 32.2. The van der Waals surface area contributed by atoms with Crippen LogP contribution in [0.5, 0.6) is 5.75 Å². The lowest BCUT2D eigenvalue weighted by atomic mass is 9.98. The van der Waals surface area contributed by atoms with E-state index in [9.17, 15) is 9.59 Å². The second kappa shape index (κ2) is 12.2. The molecule has 174 valence electrons. The quantitative estimate of drug-likeness (QED) is 0.321. The van der Waals surface area contributed by atoms with Gasteiger partial charge in [-0.1, -0.05) is 50.1 Å². The van der Waals surface area contributed by atoms with Crippen molar-refractivity contribution < 1.29 is 19.4 Å². The number of hydrogen-bond donors (Lipinski definition) is 2. The van der Waals surface area contributed by atoms with E-state index in [2.05, 4.69) is 11.9 Å². The highest BCUT2D eigenvalue weighted by Crippen LogP contribution is 2.31. The third-order valence-electron chi connectivity index (χ3n) is 5.58. The average molecular weight is 478 g/mol. The van der Waals surface area contributed by atoms with Crippen LogP contribution in [0.2, 0.25) is 0 Å². The van der Waals surface area contributed by atoms with E-state index >= 15 is 0 Å². The molecule has 0 aliphatic carbocycles. The third-order valence-corrected chi connectivity index (χ3v) is 7.58. The van der Waals surface area contributed by atoms with Gasteiger partial charge in [0.2, 0.25) is 5.91 Å². The van der Waals surface area contributed by atoms with Gasteiger partial charge in [0, 0.05) is 24.1 Å². The fourth-order valence-electron chi connectivity index (χ4n) is 3.80. The maximum atomic E-state index is 12.5. The van der Waals surface area contributed by atoms with Gasteiger partial charge in [-0.2, -0.15) is 0 Å². The molecule has 1 fully saturated rings. The molecular formula is C23H31N3O4S2. The smallest absolute Gasteiger partial charge is 0.355 e. The van der Waals surface area contributed by atoms with Crippen LogP contribution < -0.4 is 10.5 Å². The number of rotatable bonds is 13. The number of amides is 1. The van der Waals surface area contributed by atoms with Gasteiger partial charge in [0.1, 0.15) is 5.75 Å². The zero-order chi connectivity index (χ0) is 22.9. The Morgan fingerprint density at radius 2 is 2.12 bits per heavy atom. The lowest BCUT2D eigenvalue weighted by Gasteiger charge is -2.29. The molecule has 1 saturated heterocycles. The summed E-state index contributed by atoms with van der Waals surface area (Å²) >= 11 is 2.77. The topological polar surface area (TPSA) is 106 Å². The molecule has 2 atom stereocenters. The van der Waals surface area contributed by atoms with E-state index in [1.807, 2.05) is 29.2 Å². The molecule has 3 rings (SSSR count). The van der Waals surface area contributed by atoms with E-state index in [4.69, 9.17) is 15.6 Å². The maximum Gasteiger partial charge on any atom is 0.355 e. The Labute approximate surface area is 197 Å². The first kappa shape index (κ1) is 24.5. The van der Waals surface area contributed by atoms with Crippen molar-refractivity contribution in [3.8, 4) is 5.75 Å². The van der Waals surface area contributed by atoms with E-state index < -0.39 is 5.97 Å². The monoisotopic (exact) mass is 477 g/mol. The van der Waals surface area contributed by atoms with Crippen LogP contribution in [0, 0.1) is 0 Å². The maximum absolute atomic E-state index is 12.5. The molecular weight excluding hydrogens is 446 g/mol. The zero-order valence-corrected chi connectivity index (χ0v) is 20.0. The highest BCUT2D eigenvalue weighted by Gasteiger charge is 2.35. The Morgan fingerprint density at radius 3 is 2.81 bits per heavy atom. The molecule has 1 aliphatic rings. The van der Waals surface area contributed by atoms with Gasteiger partial charge in [-0.25, -0.2) is 9.78 Å². The lowest BCUT2D eigenvalue weighted by molar-refractivity contribution is -0.128. The summed E-state index contributed by atoms with van der Waals surface area (Å²) in [6, 6.07) is 7.58. The van der Waals surface area contributed by atoms with Crippen molar-refractivity contribution >= 4 is 35.0 Å². The molecule has 2 heterocycles. The van der Waals surface area contributed by atoms with Crippen molar-refractivity contribution in [2.24, 2.45) is 5.73 Å². The number of carbonyl (C=O) groups excluding carboxylic acids is 1. The molecule has 9 heteroatoms. The Bertz CT molecular complexity index is 888. The molecule has 1 aromatic heterocycles. The molecule has 1 amide bonds. The van der Waals surface area contributed by atoms with Crippen molar-refractivity contribution in [1.29, 1.82) is 0 Å². The number of nitrogens with two attached hydrogens (primary N) is 1. The summed E-state index contributed by atoms with van der Waals surface area (Å²) in [4.78, 5) is 29.4. The summed E-state index contributed by atoms with van der Waals surface area (Å²) in [5.74, 6) is 0.578. The number of aromatic carboxylic acids is 1. The minimum absolute atomic E-state index is 0.0465. The Kier molecular flexibility index (Phi) is 9.37. The minimum Gasteiger partial charge on any atom is -0.494 e. The Morgan fingerprint density at radius 1 is 1.34 bits per heavy atom. The fourth-order valence-corrected chi connectivity index (χ4v) is 5.61. The van der Waals surface area contributed by atoms with Gasteiger partial charge >= 0.3 is 5.97 Å². The summed E-state index contributed by atoms with van der Waals surface area (Å²) in [6.45, 7) is 3.47. The summed E-state index contributed by atoms with van der Waals surface area (Å²) < 4.78 is 6.51.